The van der Waals surface area contributed by atoms with Crippen molar-refractivity contribution in [2.75, 3.05) is 6.61 Å². The molecule has 2 heterocycles. The van der Waals surface area contributed by atoms with E-state index in [1.165, 1.54) is 18.6 Å². The standard InChI is InChI=1S/C14H9F4N3O/c15-13-12(22-6-14(16,17)18)4-9(5-19-13)8-1-2-10-11(3-8)21-7-20-10/h1-5,7H,6H2,(H,20,21). The Kier molecular flexibility index (Phi) is 3.44. The highest BCUT2D eigenvalue weighted by Gasteiger charge is 2.29. The van der Waals surface area contributed by atoms with Crippen LogP contribution in [-0.4, -0.2) is 27.7 Å². The number of ether oxygens (including phenoxy) is 1. The number of rotatable bonds is 3. The second-order valence-electron chi connectivity index (χ2n) is 4.55. The Bertz CT molecular complexity index is 813. The van der Waals surface area contributed by atoms with Gasteiger partial charge in [-0.1, -0.05) is 6.07 Å². The van der Waals surface area contributed by atoms with Gasteiger partial charge in [-0.3, -0.25) is 0 Å². The van der Waals surface area contributed by atoms with Gasteiger partial charge in [0, 0.05) is 11.8 Å². The zero-order valence-electron chi connectivity index (χ0n) is 11.0. The van der Waals surface area contributed by atoms with E-state index >= 15 is 0 Å². The van der Waals surface area contributed by atoms with E-state index in [1.807, 2.05) is 0 Å². The number of hydrogen-bond donors (Lipinski definition) is 1. The van der Waals surface area contributed by atoms with Gasteiger partial charge in [0.15, 0.2) is 12.4 Å². The van der Waals surface area contributed by atoms with Crippen LogP contribution in [0.2, 0.25) is 0 Å². The molecule has 0 atom stereocenters. The number of fused-ring (bicyclic) bond motifs is 1. The van der Waals surface area contributed by atoms with Crippen LogP contribution in [0.3, 0.4) is 0 Å². The van der Waals surface area contributed by atoms with Gasteiger partial charge in [-0.05, 0) is 23.8 Å². The lowest BCUT2D eigenvalue weighted by Crippen LogP contribution is -2.19. The predicted octanol–water partition coefficient (Wildman–Crippen LogP) is 3.71. The molecule has 114 valence electrons. The summed E-state index contributed by atoms with van der Waals surface area (Å²) in [4.78, 5) is 10.4. The highest BCUT2D eigenvalue weighted by atomic mass is 19.4. The molecule has 3 aromatic rings. The second-order valence-corrected chi connectivity index (χ2v) is 4.55. The lowest BCUT2D eigenvalue weighted by atomic mass is 10.1. The molecular formula is C14H9F4N3O. The number of halogens is 4. The van der Waals surface area contributed by atoms with Crippen LogP contribution in [-0.2, 0) is 0 Å². The predicted molar refractivity (Wildman–Crippen MR) is 70.8 cm³/mol. The fourth-order valence-corrected chi connectivity index (χ4v) is 1.96. The fourth-order valence-electron chi connectivity index (χ4n) is 1.96. The minimum Gasteiger partial charge on any atom is -0.479 e. The van der Waals surface area contributed by atoms with Gasteiger partial charge in [0.25, 0.3) is 5.95 Å². The van der Waals surface area contributed by atoms with E-state index in [9.17, 15) is 17.6 Å². The molecule has 0 spiro atoms. The molecule has 0 aliphatic rings. The maximum Gasteiger partial charge on any atom is 0.422 e. The maximum absolute atomic E-state index is 13.4. The lowest BCUT2D eigenvalue weighted by Gasteiger charge is -2.10. The van der Waals surface area contributed by atoms with Crippen LogP contribution in [0.15, 0.2) is 36.8 Å². The Labute approximate surface area is 121 Å². The molecule has 0 saturated carbocycles. The van der Waals surface area contributed by atoms with Gasteiger partial charge in [0.05, 0.1) is 17.4 Å². The Balaban J connectivity index is 1.93. The topological polar surface area (TPSA) is 50.8 Å². The average molecular weight is 311 g/mol. The Morgan fingerprint density at radius 2 is 1.91 bits per heavy atom. The summed E-state index contributed by atoms with van der Waals surface area (Å²) in [6, 6.07) is 6.38. The van der Waals surface area contributed by atoms with Crippen LogP contribution in [0.5, 0.6) is 5.75 Å². The van der Waals surface area contributed by atoms with Crippen molar-refractivity contribution in [3.8, 4) is 16.9 Å². The SMILES string of the molecule is Fc1ncc(-c2ccc3nc[nH]c3c2)cc1OCC(F)(F)F. The molecule has 0 amide bonds. The fraction of sp³-hybridized carbons (Fsp3) is 0.143. The van der Waals surface area contributed by atoms with Gasteiger partial charge in [-0.25, -0.2) is 9.97 Å². The van der Waals surface area contributed by atoms with Crippen molar-refractivity contribution in [2.45, 2.75) is 6.18 Å². The quantitative estimate of drug-likeness (QED) is 0.592. The first-order valence-electron chi connectivity index (χ1n) is 6.21. The summed E-state index contributed by atoms with van der Waals surface area (Å²) in [6.07, 6.45) is -1.79. The summed E-state index contributed by atoms with van der Waals surface area (Å²) in [7, 11) is 0. The van der Waals surface area contributed by atoms with Crippen molar-refractivity contribution in [1.29, 1.82) is 0 Å². The van der Waals surface area contributed by atoms with E-state index in [1.54, 1.807) is 18.2 Å². The van der Waals surface area contributed by atoms with Gasteiger partial charge in [-0.15, -0.1) is 0 Å². The molecule has 3 rings (SSSR count). The maximum atomic E-state index is 13.4. The van der Waals surface area contributed by atoms with Gasteiger partial charge >= 0.3 is 6.18 Å². The smallest absolute Gasteiger partial charge is 0.422 e. The molecule has 0 bridgehead atoms. The van der Waals surface area contributed by atoms with Gasteiger partial charge in [-0.2, -0.15) is 17.6 Å². The number of benzene rings is 1. The third kappa shape index (κ3) is 3.00. The van der Waals surface area contributed by atoms with Crippen molar-refractivity contribution in [1.82, 2.24) is 15.0 Å². The van der Waals surface area contributed by atoms with Gasteiger partial charge in [0.1, 0.15) is 0 Å². The second kappa shape index (κ2) is 5.28. The molecule has 1 aromatic carbocycles. The zero-order valence-corrected chi connectivity index (χ0v) is 11.0. The summed E-state index contributed by atoms with van der Waals surface area (Å²) in [5.74, 6) is -1.63. The van der Waals surface area contributed by atoms with Crippen molar-refractivity contribution in [3.05, 3.63) is 42.7 Å². The van der Waals surface area contributed by atoms with Crippen LogP contribution in [0, 0.1) is 5.95 Å². The van der Waals surface area contributed by atoms with Crippen LogP contribution >= 0.6 is 0 Å². The van der Waals surface area contributed by atoms with Gasteiger partial charge in [0.2, 0.25) is 0 Å². The molecular weight excluding hydrogens is 302 g/mol. The molecule has 0 radical (unpaired) electrons. The first-order valence-corrected chi connectivity index (χ1v) is 6.21. The first-order chi connectivity index (χ1) is 10.4. The Morgan fingerprint density at radius 3 is 2.68 bits per heavy atom. The summed E-state index contributed by atoms with van der Waals surface area (Å²) >= 11 is 0. The summed E-state index contributed by atoms with van der Waals surface area (Å²) in [5, 5.41) is 0. The van der Waals surface area contributed by atoms with Crippen LogP contribution in [0.25, 0.3) is 22.2 Å². The minimum atomic E-state index is -4.54. The number of imidazole rings is 1. The zero-order chi connectivity index (χ0) is 15.7. The van der Waals surface area contributed by atoms with E-state index in [2.05, 4.69) is 19.7 Å². The third-order valence-electron chi connectivity index (χ3n) is 2.95. The monoisotopic (exact) mass is 311 g/mol. The third-order valence-corrected chi connectivity index (χ3v) is 2.95. The van der Waals surface area contributed by atoms with Crippen molar-refractivity contribution in [2.24, 2.45) is 0 Å². The molecule has 1 N–H and O–H groups in total. The van der Waals surface area contributed by atoms with Gasteiger partial charge < -0.3 is 9.72 Å². The summed E-state index contributed by atoms with van der Waals surface area (Å²) in [6.45, 7) is -1.57. The van der Waals surface area contributed by atoms with E-state index in [4.69, 9.17) is 0 Å². The molecule has 22 heavy (non-hydrogen) atoms. The number of nitrogens with one attached hydrogen (secondary N) is 1. The molecule has 0 unspecified atom stereocenters. The van der Waals surface area contributed by atoms with Crippen LogP contribution in [0.1, 0.15) is 0 Å². The van der Waals surface area contributed by atoms with Crippen molar-refractivity contribution < 1.29 is 22.3 Å². The van der Waals surface area contributed by atoms with E-state index in [0.717, 1.165) is 11.0 Å². The number of H-pyrrole nitrogens is 1. The number of nitrogens with zero attached hydrogens (tertiary/aromatic N) is 2. The van der Waals surface area contributed by atoms with Crippen LogP contribution < -0.4 is 4.74 Å². The molecule has 0 fully saturated rings. The Morgan fingerprint density at radius 1 is 1.09 bits per heavy atom. The number of hydrogen-bond acceptors (Lipinski definition) is 3. The molecule has 4 nitrogen and oxygen atoms in total. The average Bonchev–Trinajstić information content (AvgIpc) is 2.93. The normalized spacial score (nSPS) is 11.8. The number of aromatic amines is 1. The Hall–Kier alpha value is -2.64. The van der Waals surface area contributed by atoms with E-state index in [-0.39, 0.29) is 0 Å². The highest BCUT2D eigenvalue weighted by molar-refractivity contribution is 5.81. The highest BCUT2D eigenvalue weighted by Crippen LogP contribution is 2.28. The minimum absolute atomic E-state index is 0.440. The van der Waals surface area contributed by atoms with E-state index < -0.39 is 24.5 Å². The molecule has 8 heteroatoms. The van der Waals surface area contributed by atoms with Crippen molar-refractivity contribution in [3.63, 3.8) is 0 Å². The van der Waals surface area contributed by atoms with Crippen molar-refractivity contribution >= 4 is 11.0 Å². The number of aromatic nitrogens is 3. The molecule has 0 aliphatic carbocycles. The van der Waals surface area contributed by atoms with E-state index in [0.29, 0.717) is 11.1 Å². The largest absolute Gasteiger partial charge is 0.479 e. The number of pyridine rings is 1. The molecule has 2 aromatic heterocycles. The number of alkyl halides is 3. The molecule has 0 aliphatic heterocycles. The van der Waals surface area contributed by atoms with Crippen LogP contribution in [0.4, 0.5) is 17.6 Å². The molecule has 0 saturated heterocycles. The summed E-state index contributed by atoms with van der Waals surface area (Å²) < 4.78 is 54.4. The lowest BCUT2D eigenvalue weighted by molar-refractivity contribution is -0.153. The summed E-state index contributed by atoms with van der Waals surface area (Å²) in [5.41, 5.74) is 2.59. The first kappa shape index (κ1) is 14.3.